The lowest BCUT2D eigenvalue weighted by molar-refractivity contribution is -0.127. The summed E-state index contributed by atoms with van der Waals surface area (Å²) in [6.45, 7) is 10.2. The topological polar surface area (TPSA) is 142 Å². The van der Waals surface area contributed by atoms with Gasteiger partial charge in [0.05, 0.1) is 21.4 Å². The Labute approximate surface area is 288 Å². The summed E-state index contributed by atoms with van der Waals surface area (Å²) in [5.41, 5.74) is 6.78. The molecule has 0 aliphatic heterocycles. The predicted octanol–water partition coefficient (Wildman–Crippen LogP) is 9.25. The highest BCUT2D eigenvalue weighted by atomic mass is 35.5. The maximum Gasteiger partial charge on any atom is 0.258 e. The van der Waals surface area contributed by atoms with Gasteiger partial charge in [-0.15, -0.1) is 0 Å². The van der Waals surface area contributed by atoms with Crippen LogP contribution in [0.25, 0.3) is 11.1 Å². The lowest BCUT2D eigenvalue weighted by atomic mass is 10.0. The van der Waals surface area contributed by atoms with E-state index in [4.69, 9.17) is 23.2 Å². The van der Waals surface area contributed by atoms with Gasteiger partial charge >= 0.3 is 0 Å². The first-order valence-corrected chi connectivity index (χ1v) is 15.7. The molecule has 0 spiro atoms. The second-order valence-corrected chi connectivity index (χ2v) is 12.2. The quantitative estimate of drug-likeness (QED) is 0.120. The number of rotatable bonds is 11. The average molecular weight is 686 g/mol. The molecule has 2 N–H and O–H groups in total. The average Bonchev–Trinajstić information content (AvgIpc) is 3.00. The number of nitrogens with zero attached hydrogens (tertiary/aromatic N) is 4. The van der Waals surface area contributed by atoms with Gasteiger partial charge in [-0.1, -0.05) is 70.7 Å². The van der Waals surface area contributed by atoms with Crippen molar-refractivity contribution < 1.29 is 19.2 Å². The molecule has 0 aromatic heterocycles. The van der Waals surface area contributed by atoms with Crippen molar-refractivity contribution in [1.29, 1.82) is 0 Å². The Morgan fingerprint density at radius 1 is 0.583 bits per heavy atom. The van der Waals surface area contributed by atoms with Gasteiger partial charge in [0, 0.05) is 16.9 Å². The fraction of sp³-hybridized carbons (Fsp3) is 0.222. The standard InChI is InChI=1S/C36H34Cl2N6O4/c1-19-7-13-30(21(3)15-19)39-35(47)33(23(5)45)43-41-26-11-9-25(10-12-26)32-28(37)17-27(18-29(32)38)42-44-34(24(6)46)36(48)40-31-14-8-20(2)16-22(31)4/h7-18,33-34H,1-6H3,(H,39,47)(H,40,48). The van der Waals surface area contributed by atoms with Crippen LogP contribution in [0.4, 0.5) is 22.7 Å². The number of amides is 2. The number of ketones is 2. The van der Waals surface area contributed by atoms with Crippen molar-refractivity contribution >= 4 is 69.3 Å². The zero-order chi connectivity index (χ0) is 35.1. The van der Waals surface area contributed by atoms with Gasteiger partial charge in [-0.25, -0.2) is 0 Å². The minimum atomic E-state index is -1.37. The van der Waals surface area contributed by atoms with E-state index < -0.39 is 35.5 Å². The molecule has 246 valence electrons. The van der Waals surface area contributed by atoms with Gasteiger partial charge in [0.25, 0.3) is 11.8 Å². The van der Waals surface area contributed by atoms with Crippen LogP contribution in [0.5, 0.6) is 0 Å². The summed E-state index contributed by atoms with van der Waals surface area (Å²) < 4.78 is 0. The van der Waals surface area contributed by atoms with Crippen LogP contribution in [0.1, 0.15) is 36.1 Å². The first-order valence-electron chi connectivity index (χ1n) is 14.9. The zero-order valence-electron chi connectivity index (χ0n) is 27.3. The van der Waals surface area contributed by atoms with Crippen LogP contribution in [0, 0.1) is 27.7 Å². The van der Waals surface area contributed by atoms with Gasteiger partial charge < -0.3 is 10.6 Å². The Kier molecular flexibility index (Phi) is 11.7. The molecule has 2 atom stereocenters. The number of Topliss-reactive ketones (excluding diaryl/α,β-unsaturated/α-hetero) is 2. The Morgan fingerprint density at radius 2 is 1.00 bits per heavy atom. The molecular formula is C36H34Cl2N6O4. The van der Waals surface area contributed by atoms with Crippen LogP contribution in [0.2, 0.25) is 10.0 Å². The molecule has 0 saturated carbocycles. The summed E-state index contributed by atoms with van der Waals surface area (Å²) >= 11 is 13.2. The van der Waals surface area contributed by atoms with Crippen molar-refractivity contribution in [2.45, 2.75) is 53.6 Å². The van der Waals surface area contributed by atoms with E-state index in [1.807, 2.05) is 52.0 Å². The third-order valence-electron chi connectivity index (χ3n) is 7.31. The zero-order valence-corrected chi connectivity index (χ0v) is 28.8. The molecule has 2 amide bonds. The number of hydrogen-bond donors (Lipinski definition) is 2. The fourth-order valence-corrected chi connectivity index (χ4v) is 5.48. The molecule has 0 fully saturated rings. The minimum Gasteiger partial charge on any atom is -0.324 e. The van der Waals surface area contributed by atoms with Crippen molar-refractivity contribution in [2.75, 3.05) is 10.6 Å². The Balaban J connectivity index is 1.48. The van der Waals surface area contributed by atoms with E-state index in [1.165, 1.54) is 26.0 Å². The summed E-state index contributed by atoms with van der Waals surface area (Å²) in [4.78, 5) is 50.2. The summed E-state index contributed by atoms with van der Waals surface area (Å²) in [5.74, 6) is -2.13. The van der Waals surface area contributed by atoms with Crippen LogP contribution in [-0.4, -0.2) is 35.5 Å². The normalized spacial score (nSPS) is 12.6. The van der Waals surface area contributed by atoms with E-state index in [1.54, 1.807) is 36.4 Å². The number of hydrogen-bond acceptors (Lipinski definition) is 8. The van der Waals surface area contributed by atoms with E-state index in [0.29, 0.717) is 28.2 Å². The van der Waals surface area contributed by atoms with Gasteiger partial charge in [-0.3, -0.25) is 19.2 Å². The molecule has 0 saturated heterocycles. The van der Waals surface area contributed by atoms with Crippen molar-refractivity contribution in [1.82, 2.24) is 0 Å². The minimum absolute atomic E-state index is 0.249. The number of halogens is 2. The van der Waals surface area contributed by atoms with Crippen molar-refractivity contribution in [3.8, 4) is 11.1 Å². The molecule has 0 radical (unpaired) electrons. The largest absolute Gasteiger partial charge is 0.324 e. The Morgan fingerprint density at radius 3 is 1.40 bits per heavy atom. The third kappa shape index (κ3) is 9.05. The molecule has 4 rings (SSSR count). The number of azo groups is 2. The van der Waals surface area contributed by atoms with Crippen LogP contribution in [0.3, 0.4) is 0 Å². The van der Waals surface area contributed by atoms with Gasteiger partial charge in [-0.05, 0) is 94.6 Å². The van der Waals surface area contributed by atoms with E-state index in [9.17, 15) is 19.2 Å². The third-order valence-corrected chi connectivity index (χ3v) is 7.90. The van der Waals surface area contributed by atoms with Crippen LogP contribution in [-0.2, 0) is 19.2 Å². The number of benzene rings is 4. The number of anilines is 2. The summed E-state index contributed by atoms with van der Waals surface area (Å²) in [6.07, 6.45) is 0. The van der Waals surface area contributed by atoms with Crippen LogP contribution in [0.15, 0.2) is 93.3 Å². The highest BCUT2D eigenvalue weighted by Crippen LogP contribution is 2.39. The first-order chi connectivity index (χ1) is 22.7. The molecule has 0 bridgehead atoms. The molecule has 4 aromatic rings. The molecule has 12 heteroatoms. The number of nitrogens with one attached hydrogen (secondary N) is 2. The smallest absolute Gasteiger partial charge is 0.258 e. The highest BCUT2D eigenvalue weighted by Gasteiger charge is 2.25. The van der Waals surface area contributed by atoms with Gasteiger partial charge in [0.1, 0.15) is 0 Å². The SMILES string of the molecule is CC(=O)C(N=Nc1ccc(-c2c(Cl)cc(N=NC(C(C)=O)C(=O)Nc3ccc(C)cc3C)cc2Cl)cc1)C(=O)Nc1ccc(C)cc1C. The lowest BCUT2D eigenvalue weighted by Gasteiger charge is -2.12. The summed E-state index contributed by atoms with van der Waals surface area (Å²) in [7, 11) is 0. The predicted molar refractivity (Wildman–Crippen MR) is 189 cm³/mol. The monoisotopic (exact) mass is 684 g/mol. The molecular weight excluding hydrogens is 651 g/mol. The summed E-state index contributed by atoms with van der Waals surface area (Å²) in [6, 6.07) is 18.2. The fourth-order valence-electron chi connectivity index (χ4n) is 4.78. The highest BCUT2D eigenvalue weighted by molar-refractivity contribution is 6.39. The Hall–Kier alpha value is -5.06. The van der Waals surface area contributed by atoms with Crippen molar-refractivity contribution in [3.63, 3.8) is 0 Å². The molecule has 2 unspecified atom stereocenters. The second kappa shape index (κ2) is 15.7. The first kappa shape index (κ1) is 35.8. The van der Waals surface area contributed by atoms with Gasteiger partial charge in [0.15, 0.2) is 11.6 Å². The van der Waals surface area contributed by atoms with E-state index in [-0.39, 0.29) is 15.7 Å². The molecule has 0 aliphatic rings. The van der Waals surface area contributed by atoms with Crippen LogP contribution >= 0.6 is 23.2 Å². The van der Waals surface area contributed by atoms with Gasteiger partial charge in [0.2, 0.25) is 12.1 Å². The number of carbonyl (C=O) groups excluding carboxylic acids is 4. The van der Waals surface area contributed by atoms with Crippen LogP contribution < -0.4 is 10.6 Å². The second-order valence-electron chi connectivity index (χ2n) is 11.4. The maximum absolute atomic E-state index is 12.9. The van der Waals surface area contributed by atoms with Gasteiger partial charge in [-0.2, -0.15) is 20.5 Å². The molecule has 0 heterocycles. The van der Waals surface area contributed by atoms with Crippen molar-refractivity contribution in [3.05, 3.63) is 105 Å². The Bertz CT molecular complexity index is 1930. The number of carbonyl (C=O) groups is 4. The van der Waals surface area contributed by atoms with E-state index >= 15 is 0 Å². The van der Waals surface area contributed by atoms with E-state index in [2.05, 4.69) is 31.1 Å². The molecule has 4 aromatic carbocycles. The molecule has 10 nitrogen and oxygen atoms in total. The molecule has 0 aliphatic carbocycles. The molecule has 48 heavy (non-hydrogen) atoms. The lowest BCUT2D eigenvalue weighted by Crippen LogP contribution is -2.32. The maximum atomic E-state index is 12.9. The number of aryl methyl sites for hydroxylation is 4. The van der Waals surface area contributed by atoms with Crippen molar-refractivity contribution in [2.24, 2.45) is 20.5 Å². The summed E-state index contributed by atoms with van der Waals surface area (Å²) in [5, 5.41) is 22.2. The van der Waals surface area contributed by atoms with E-state index in [0.717, 1.165) is 22.3 Å².